The fourth-order valence-electron chi connectivity index (χ4n) is 2.77. The number of ether oxygens (including phenoxy) is 1. The van der Waals surface area contributed by atoms with Crippen LogP contribution in [0.15, 0.2) is 64.5 Å². The minimum absolute atomic E-state index is 0.00713. The Labute approximate surface area is 179 Å². The van der Waals surface area contributed by atoms with E-state index >= 15 is 0 Å². The number of amides is 1. The van der Waals surface area contributed by atoms with Gasteiger partial charge in [0, 0.05) is 5.56 Å². The molecular weight excluding hydrogens is 399 g/mol. The molecule has 3 rings (SSSR count). The van der Waals surface area contributed by atoms with Crippen molar-refractivity contribution in [2.45, 2.75) is 26.2 Å². The maximum Gasteiger partial charge on any atom is 0.346 e. The fraction of sp³-hybridized carbons (Fsp3) is 0.217. The van der Waals surface area contributed by atoms with E-state index in [4.69, 9.17) is 4.74 Å². The van der Waals surface area contributed by atoms with Crippen molar-refractivity contribution in [2.24, 2.45) is 5.10 Å². The van der Waals surface area contributed by atoms with Crippen LogP contribution in [0, 0.1) is 5.82 Å². The maximum atomic E-state index is 13.1. The van der Waals surface area contributed by atoms with Gasteiger partial charge in [-0.1, -0.05) is 19.8 Å². The van der Waals surface area contributed by atoms with Crippen LogP contribution in [-0.2, 0) is 0 Å². The molecule has 1 aromatic heterocycles. The van der Waals surface area contributed by atoms with Crippen LogP contribution in [0.3, 0.4) is 0 Å². The number of unbranched alkanes of at least 4 members (excludes halogenated alkanes) is 2. The zero-order valence-corrected chi connectivity index (χ0v) is 17.1. The molecule has 2 N–H and O–H groups in total. The highest BCUT2D eigenvalue weighted by atomic mass is 19.1. The minimum Gasteiger partial charge on any atom is -0.494 e. The van der Waals surface area contributed by atoms with Crippen molar-refractivity contribution >= 4 is 12.1 Å². The predicted molar refractivity (Wildman–Crippen MR) is 117 cm³/mol. The third-order valence-electron chi connectivity index (χ3n) is 4.41. The van der Waals surface area contributed by atoms with Gasteiger partial charge in [-0.3, -0.25) is 4.79 Å². The van der Waals surface area contributed by atoms with Crippen molar-refractivity contribution in [1.82, 2.24) is 15.4 Å². The van der Waals surface area contributed by atoms with Gasteiger partial charge in [0.2, 0.25) is 0 Å². The molecule has 0 aliphatic rings. The van der Waals surface area contributed by atoms with Gasteiger partial charge in [0.25, 0.3) is 5.91 Å². The Bertz CT molecular complexity index is 1090. The first-order chi connectivity index (χ1) is 15.0. The fourth-order valence-corrected chi connectivity index (χ4v) is 2.77. The zero-order chi connectivity index (χ0) is 22.1. The number of carbonyl (C=O) groups excluding carboxylic acids is 1. The van der Waals surface area contributed by atoms with Gasteiger partial charge in [-0.15, -0.1) is 0 Å². The number of H-pyrrole nitrogens is 1. The second-order valence-electron chi connectivity index (χ2n) is 6.82. The van der Waals surface area contributed by atoms with Crippen molar-refractivity contribution in [3.63, 3.8) is 0 Å². The molecule has 0 saturated carbocycles. The summed E-state index contributed by atoms with van der Waals surface area (Å²) in [6.45, 7) is 2.82. The van der Waals surface area contributed by atoms with Gasteiger partial charge in [0.1, 0.15) is 17.3 Å². The lowest BCUT2D eigenvalue weighted by Gasteiger charge is -2.05. The minimum atomic E-state index is -0.689. The van der Waals surface area contributed by atoms with Crippen molar-refractivity contribution in [1.29, 1.82) is 0 Å². The zero-order valence-electron chi connectivity index (χ0n) is 17.1. The quantitative estimate of drug-likeness (QED) is 0.310. The number of hydrazone groups is 1. The van der Waals surface area contributed by atoms with Gasteiger partial charge in [-0.05, 0) is 66.6 Å². The molecule has 0 atom stereocenters. The van der Waals surface area contributed by atoms with Gasteiger partial charge in [0.05, 0.1) is 18.5 Å². The molecule has 0 bridgehead atoms. The number of hydrogen-bond acceptors (Lipinski definition) is 5. The van der Waals surface area contributed by atoms with Crippen LogP contribution in [0.5, 0.6) is 5.75 Å². The average molecular weight is 422 g/mol. The molecule has 8 heteroatoms. The smallest absolute Gasteiger partial charge is 0.346 e. The molecule has 0 aliphatic heterocycles. The number of nitrogens with zero attached hydrogens (tertiary/aromatic N) is 2. The van der Waals surface area contributed by atoms with Crippen molar-refractivity contribution < 1.29 is 13.9 Å². The van der Waals surface area contributed by atoms with Gasteiger partial charge in [-0.2, -0.15) is 10.1 Å². The second-order valence-corrected chi connectivity index (χ2v) is 6.82. The number of aromatic amines is 1. The third kappa shape index (κ3) is 6.60. The molecule has 2 aromatic carbocycles. The Hall–Kier alpha value is -3.81. The molecule has 3 aromatic rings. The van der Waals surface area contributed by atoms with Crippen LogP contribution < -0.4 is 15.9 Å². The first kappa shape index (κ1) is 21.9. The molecule has 0 fully saturated rings. The summed E-state index contributed by atoms with van der Waals surface area (Å²) in [5.74, 6) is -0.230. The summed E-state index contributed by atoms with van der Waals surface area (Å²) in [4.78, 5) is 30.4. The summed E-state index contributed by atoms with van der Waals surface area (Å²) in [6.07, 6.45) is 4.79. The summed E-state index contributed by atoms with van der Waals surface area (Å²) in [5, 5.41) is 3.92. The molecule has 160 valence electrons. The lowest BCUT2D eigenvalue weighted by molar-refractivity contribution is 0.0949. The van der Waals surface area contributed by atoms with E-state index < -0.39 is 17.4 Å². The van der Waals surface area contributed by atoms with Crippen molar-refractivity contribution in [2.75, 3.05) is 6.61 Å². The highest BCUT2D eigenvalue weighted by molar-refractivity contribution is 5.93. The summed E-state index contributed by atoms with van der Waals surface area (Å²) in [7, 11) is 0. The van der Waals surface area contributed by atoms with Gasteiger partial charge >= 0.3 is 5.69 Å². The Morgan fingerprint density at radius 2 is 1.90 bits per heavy atom. The lowest BCUT2D eigenvalue weighted by Crippen LogP contribution is -2.24. The first-order valence-electron chi connectivity index (χ1n) is 9.98. The van der Waals surface area contributed by atoms with Gasteiger partial charge in [-0.25, -0.2) is 14.6 Å². The number of benzene rings is 2. The molecule has 7 nitrogen and oxygen atoms in total. The van der Waals surface area contributed by atoms with Crippen LogP contribution in [0.1, 0.15) is 42.2 Å². The maximum absolute atomic E-state index is 13.1. The first-order valence-corrected chi connectivity index (χ1v) is 9.98. The number of aromatic nitrogens is 2. The standard InChI is InChI=1S/C23H23FN4O3/c1-2-3-4-13-31-19-11-5-16(6-12-19)15-25-28-22(29)21-14-20(26-23(30)27-21)17-7-9-18(24)10-8-17/h5-12,14-15H,2-4,13H2,1H3,(H,28,29)(H,26,27,30)/b25-15+. The SMILES string of the molecule is CCCCCOc1ccc(/C=N/NC(=O)c2cc(-c3ccc(F)cc3)nc(=O)[nH]2)cc1. The largest absolute Gasteiger partial charge is 0.494 e. The van der Waals surface area contributed by atoms with Crippen LogP contribution in [-0.4, -0.2) is 28.7 Å². The van der Waals surface area contributed by atoms with Gasteiger partial charge in [0.15, 0.2) is 0 Å². The highest BCUT2D eigenvalue weighted by Crippen LogP contribution is 2.16. The Kier molecular flexibility index (Phi) is 7.64. The molecule has 1 heterocycles. The molecular formula is C23H23FN4O3. The number of nitrogens with one attached hydrogen (secondary N) is 2. The van der Waals surface area contributed by atoms with Crippen LogP contribution in [0.2, 0.25) is 0 Å². The normalized spacial score (nSPS) is 10.9. The van der Waals surface area contributed by atoms with E-state index in [1.165, 1.54) is 36.5 Å². The number of hydrogen-bond donors (Lipinski definition) is 2. The molecule has 0 unspecified atom stereocenters. The van der Waals surface area contributed by atoms with E-state index in [2.05, 4.69) is 27.4 Å². The summed E-state index contributed by atoms with van der Waals surface area (Å²) < 4.78 is 18.8. The topological polar surface area (TPSA) is 96.4 Å². The van der Waals surface area contributed by atoms with Crippen LogP contribution in [0.4, 0.5) is 4.39 Å². The summed E-state index contributed by atoms with van der Waals surface area (Å²) in [6, 6.07) is 14.2. The number of halogens is 1. The molecule has 31 heavy (non-hydrogen) atoms. The average Bonchev–Trinajstić information content (AvgIpc) is 2.77. The Morgan fingerprint density at radius 1 is 1.16 bits per heavy atom. The molecule has 0 saturated heterocycles. The highest BCUT2D eigenvalue weighted by Gasteiger charge is 2.10. The van der Waals surface area contributed by atoms with Gasteiger partial charge < -0.3 is 9.72 Å². The Balaban J connectivity index is 1.61. The summed E-state index contributed by atoms with van der Waals surface area (Å²) in [5.41, 5.74) is 3.22. The third-order valence-corrected chi connectivity index (χ3v) is 4.41. The molecule has 0 spiro atoms. The number of carbonyl (C=O) groups is 1. The summed E-state index contributed by atoms with van der Waals surface area (Å²) >= 11 is 0. The molecule has 1 amide bonds. The predicted octanol–water partition coefficient (Wildman–Crippen LogP) is 3.91. The van der Waals surface area contributed by atoms with Crippen molar-refractivity contribution in [3.8, 4) is 17.0 Å². The monoisotopic (exact) mass is 422 g/mol. The van der Waals surface area contributed by atoms with E-state index in [9.17, 15) is 14.0 Å². The van der Waals surface area contributed by atoms with E-state index in [1.54, 1.807) is 0 Å². The molecule has 0 aliphatic carbocycles. The molecule has 0 radical (unpaired) electrons. The van der Waals surface area contributed by atoms with E-state index in [0.29, 0.717) is 12.2 Å². The van der Waals surface area contributed by atoms with E-state index in [-0.39, 0.29) is 11.4 Å². The second kappa shape index (κ2) is 10.8. The van der Waals surface area contributed by atoms with Crippen LogP contribution in [0.25, 0.3) is 11.3 Å². The van der Waals surface area contributed by atoms with E-state index in [0.717, 1.165) is 30.6 Å². The number of rotatable bonds is 9. The lowest BCUT2D eigenvalue weighted by atomic mass is 10.1. The Morgan fingerprint density at radius 3 is 2.61 bits per heavy atom. The van der Waals surface area contributed by atoms with Crippen molar-refractivity contribution in [3.05, 3.63) is 82.2 Å². The van der Waals surface area contributed by atoms with E-state index in [1.807, 2.05) is 24.3 Å². The van der Waals surface area contributed by atoms with Crippen LogP contribution >= 0.6 is 0 Å².